The summed E-state index contributed by atoms with van der Waals surface area (Å²) in [6.45, 7) is 3.38. The van der Waals surface area contributed by atoms with Crippen LogP contribution in [0.25, 0.3) is 0 Å². The third-order valence-corrected chi connectivity index (χ3v) is 6.24. The van der Waals surface area contributed by atoms with Gasteiger partial charge in [-0.15, -0.1) is 4.40 Å². The first kappa shape index (κ1) is 17.9. The van der Waals surface area contributed by atoms with Gasteiger partial charge in [0, 0.05) is 31.7 Å². The molecule has 7 nitrogen and oxygen atoms in total. The molecule has 25 heavy (non-hydrogen) atoms. The van der Waals surface area contributed by atoms with Crippen LogP contribution < -0.4 is 5.73 Å². The highest BCUT2D eigenvalue weighted by atomic mass is 32.2. The van der Waals surface area contributed by atoms with Crippen molar-refractivity contribution in [3.8, 4) is 0 Å². The van der Waals surface area contributed by atoms with Gasteiger partial charge in [-0.1, -0.05) is 19.1 Å². The molecule has 1 aromatic carbocycles. The summed E-state index contributed by atoms with van der Waals surface area (Å²) in [5.41, 5.74) is 6.38. The Balaban J connectivity index is 1.77. The Morgan fingerprint density at radius 3 is 2.84 bits per heavy atom. The average molecular weight is 364 g/mol. The quantitative estimate of drug-likeness (QED) is 0.850. The maximum atomic E-state index is 12.7. The van der Waals surface area contributed by atoms with Crippen molar-refractivity contribution in [3.05, 3.63) is 29.8 Å². The van der Waals surface area contributed by atoms with Crippen LogP contribution in [0.3, 0.4) is 0 Å². The molecular formula is C17H24N4O3S. The Hall–Kier alpha value is -1.93. The zero-order chi connectivity index (χ0) is 18.2. The van der Waals surface area contributed by atoms with Gasteiger partial charge in [0.05, 0.1) is 6.54 Å². The molecule has 1 fully saturated rings. The molecule has 1 aromatic rings. The van der Waals surface area contributed by atoms with Gasteiger partial charge < -0.3 is 15.5 Å². The van der Waals surface area contributed by atoms with E-state index in [1.807, 2.05) is 4.90 Å². The van der Waals surface area contributed by atoms with Crippen LogP contribution in [0.1, 0.15) is 25.3 Å². The van der Waals surface area contributed by atoms with Crippen molar-refractivity contribution in [2.75, 3.05) is 26.7 Å². The number of carbonyl (C=O) groups excluding carboxylic acids is 1. The van der Waals surface area contributed by atoms with Crippen LogP contribution in [0.5, 0.6) is 0 Å². The van der Waals surface area contributed by atoms with Gasteiger partial charge >= 0.3 is 0 Å². The molecular weight excluding hydrogens is 340 g/mol. The summed E-state index contributed by atoms with van der Waals surface area (Å²) >= 11 is 0. The van der Waals surface area contributed by atoms with Gasteiger partial charge in [0.25, 0.3) is 10.0 Å². The van der Waals surface area contributed by atoms with Crippen molar-refractivity contribution in [1.82, 2.24) is 9.80 Å². The number of fused-ring (bicyclic) bond motifs is 1. The van der Waals surface area contributed by atoms with Crippen LogP contribution in [0.4, 0.5) is 0 Å². The van der Waals surface area contributed by atoms with E-state index in [1.54, 1.807) is 30.1 Å². The molecule has 2 aliphatic rings. The van der Waals surface area contributed by atoms with E-state index >= 15 is 0 Å². The lowest BCUT2D eigenvalue weighted by Crippen LogP contribution is -2.52. The van der Waals surface area contributed by atoms with E-state index in [-0.39, 0.29) is 23.4 Å². The van der Waals surface area contributed by atoms with Crippen molar-refractivity contribution >= 4 is 21.8 Å². The minimum absolute atomic E-state index is 0.0469. The molecule has 0 radical (unpaired) electrons. The highest BCUT2D eigenvalue weighted by molar-refractivity contribution is 7.90. The highest BCUT2D eigenvalue weighted by Gasteiger charge is 2.33. The molecule has 0 spiro atoms. The molecule has 1 saturated heterocycles. The van der Waals surface area contributed by atoms with E-state index in [0.717, 1.165) is 12.8 Å². The molecule has 0 aromatic heterocycles. The topological polar surface area (TPSA) is 96.1 Å². The number of hydrogen-bond donors (Lipinski definition) is 1. The van der Waals surface area contributed by atoms with Gasteiger partial charge in [-0.25, -0.2) is 0 Å². The Bertz CT molecular complexity index is 806. The molecule has 2 atom stereocenters. The van der Waals surface area contributed by atoms with Crippen molar-refractivity contribution in [1.29, 1.82) is 0 Å². The van der Waals surface area contributed by atoms with Gasteiger partial charge in [0.1, 0.15) is 4.90 Å². The molecule has 3 rings (SSSR count). The number of sulfonamides is 1. The number of nitrogens with two attached hydrogens (primary N) is 1. The fourth-order valence-corrected chi connectivity index (χ4v) is 4.79. The van der Waals surface area contributed by atoms with Crippen molar-refractivity contribution < 1.29 is 13.2 Å². The van der Waals surface area contributed by atoms with E-state index in [4.69, 9.17) is 5.73 Å². The van der Waals surface area contributed by atoms with E-state index in [1.165, 1.54) is 6.07 Å². The molecule has 0 aliphatic carbocycles. The number of likely N-dealkylation sites (tertiary alicyclic amines) is 1. The predicted octanol–water partition coefficient (Wildman–Crippen LogP) is 0.653. The lowest BCUT2D eigenvalue weighted by molar-refractivity contribution is -0.135. The molecule has 2 heterocycles. The summed E-state index contributed by atoms with van der Waals surface area (Å²) in [6, 6.07) is 6.73. The van der Waals surface area contributed by atoms with Crippen LogP contribution in [-0.2, 0) is 14.8 Å². The number of likely N-dealkylation sites (N-methyl/N-ethyl adjacent to an activating group) is 1. The summed E-state index contributed by atoms with van der Waals surface area (Å²) in [5, 5.41) is 0. The van der Waals surface area contributed by atoms with E-state index in [2.05, 4.69) is 11.3 Å². The smallest absolute Gasteiger partial charge is 0.285 e. The van der Waals surface area contributed by atoms with E-state index in [0.29, 0.717) is 30.4 Å². The van der Waals surface area contributed by atoms with Gasteiger partial charge in [-0.05, 0) is 30.9 Å². The number of nitrogens with zero attached hydrogens (tertiary/aromatic N) is 3. The summed E-state index contributed by atoms with van der Waals surface area (Å²) in [6.07, 6.45) is 1.87. The maximum absolute atomic E-state index is 12.7. The average Bonchev–Trinajstić information content (AvgIpc) is 2.86. The monoisotopic (exact) mass is 364 g/mol. The SMILES string of the molecule is CC1CCN(C(=O)CN(C)C2=NS(=O)(=O)c3ccccc32)C(CN)C1. The van der Waals surface area contributed by atoms with E-state index in [9.17, 15) is 13.2 Å². The van der Waals surface area contributed by atoms with Crippen molar-refractivity contribution in [2.24, 2.45) is 16.0 Å². The standard InChI is InChI=1S/C17H24N4O3S/c1-12-7-8-21(13(9-12)10-18)16(22)11-20(2)17-14-5-3-4-6-15(14)25(23,24)19-17/h3-6,12-13H,7-11,18H2,1-2H3. The first-order valence-electron chi connectivity index (χ1n) is 8.48. The van der Waals surface area contributed by atoms with Crippen LogP contribution in [0.2, 0.25) is 0 Å². The molecule has 8 heteroatoms. The Labute approximate surface area is 148 Å². The first-order chi connectivity index (χ1) is 11.8. The summed E-state index contributed by atoms with van der Waals surface area (Å²) < 4.78 is 28.2. The second kappa shape index (κ2) is 6.76. The Morgan fingerprint density at radius 2 is 2.12 bits per heavy atom. The number of carbonyl (C=O) groups is 1. The Morgan fingerprint density at radius 1 is 1.40 bits per heavy atom. The van der Waals surface area contributed by atoms with Crippen LogP contribution >= 0.6 is 0 Å². The summed E-state index contributed by atoms with van der Waals surface area (Å²) in [5.74, 6) is 0.833. The van der Waals surface area contributed by atoms with Gasteiger partial charge in [-0.3, -0.25) is 4.79 Å². The zero-order valence-corrected chi connectivity index (χ0v) is 15.4. The first-order valence-corrected chi connectivity index (χ1v) is 9.92. The Kier molecular flexibility index (Phi) is 4.83. The summed E-state index contributed by atoms with van der Waals surface area (Å²) in [4.78, 5) is 16.4. The highest BCUT2D eigenvalue weighted by Crippen LogP contribution is 2.27. The number of amides is 1. The second-order valence-electron chi connectivity index (χ2n) is 6.85. The fraction of sp³-hybridized carbons (Fsp3) is 0.529. The molecule has 1 amide bonds. The minimum atomic E-state index is -3.68. The lowest BCUT2D eigenvalue weighted by Gasteiger charge is -2.38. The largest absolute Gasteiger partial charge is 0.349 e. The molecule has 136 valence electrons. The third kappa shape index (κ3) is 3.41. The number of amidine groups is 1. The van der Waals surface area contributed by atoms with Crippen LogP contribution in [-0.4, -0.2) is 62.7 Å². The number of hydrogen-bond acceptors (Lipinski definition) is 5. The number of rotatable bonds is 3. The third-order valence-electron chi connectivity index (χ3n) is 4.92. The molecule has 0 saturated carbocycles. The number of piperidine rings is 1. The minimum Gasteiger partial charge on any atom is -0.349 e. The van der Waals surface area contributed by atoms with Gasteiger partial charge in [0.2, 0.25) is 5.91 Å². The lowest BCUT2D eigenvalue weighted by atomic mass is 9.92. The second-order valence-corrected chi connectivity index (χ2v) is 8.42. The van der Waals surface area contributed by atoms with E-state index < -0.39 is 10.0 Å². The molecule has 2 unspecified atom stereocenters. The van der Waals surface area contributed by atoms with Gasteiger partial charge in [-0.2, -0.15) is 8.42 Å². The fourth-order valence-electron chi connectivity index (χ4n) is 3.54. The zero-order valence-electron chi connectivity index (χ0n) is 14.6. The van der Waals surface area contributed by atoms with Crippen LogP contribution in [0, 0.1) is 5.92 Å². The predicted molar refractivity (Wildman–Crippen MR) is 95.7 cm³/mol. The maximum Gasteiger partial charge on any atom is 0.285 e. The summed E-state index contributed by atoms with van der Waals surface area (Å²) in [7, 11) is -1.99. The van der Waals surface area contributed by atoms with Gasteiger partial charge in [0.15, 0.2) is 5.84 Å². The number of benzene rings is 1. The van der Waals surface area contributed by atoms with Crippen LogP contribution in [0.15, 0.2) is 33.6 Å². The molecule has 2 aliphatic heterocycles. The normalized spacial score (nSPS) is 24.6. The molecule has 0 bridgehead atoms. The molecule has 2 N–H and O–H groups in total. The van der Waals surface area contributed by atoms with Crippen molar-refractivity contribution in [2.45, 2.75) is 30.7 Å². The van der Waals surface area contributed by atoms with Crippen molar-refractivity contribution in [3.63, 3.8) is 0 Å².